The van der Waals surface area contributed by atoms with Crippen LogP contribution in [0.4, 0.5) is 0 Å². The molecule has 7 unspecified atom stereocenters. The molecule has 15 heteroatoms. The lowest BCUT2D eigenvalue weighted by molar-refractivity contribution is -0.378. The fourth-order valence-corrected chi connectivity index (χ4v) is 7.04. The van der Waals surface area contributed by atoms with Gasteiger partial charge >= 0.3 is 0 Å². The Morgan fingerprint density at radius 1 is 0.500 bits per heavy atom. The van der Waals surface area contributed by atoms with Crippen molar-refractivity contribution >= 4 is 0 Å². The lowest BCUT2D eigenvalue weighted by Gasteiger charge is -2.51. The molecule has 3 aliphatic heterocycles. The molecule has 3 rings (SSSR count). The third-order valence-corrected chi connectivity index (χ3v) is 9.41. The summed E-state index contributed by atoms with van der Waals surface area (Å²) < 4.78 is 54.3. The average molecular weight is 643 g/mol. The molecule has 0 aromatic carbocycles. The molecule has 3 saturated heterocycles. The number of aliphatic hydroxyl groups excluding tert-OH is 6. The van der Waals surface area contributed by atoms with Crippen LogP contribution in [-0.2, 0) is 42.6 Å². The molecular formula is C29H54O15. The maximum absolute atomic E-state index is 10.5. The number of hydrogen-bond donors (Lipinski definition) is 6. The predicted octanol–water partition coefficient (Wildman–Crippen LogP) is -1.91. The van der Waals surface area contributed by atoms with Gasteiger partial charge in [-0.1, -0.05) is 6.92 Å². The van der Waals surface area contributed by atoms with Crippen LogP contribution in [0.5, 0.6) is 0 Å². The molecule has 0 aliphatic carbocycles. The van der Waals surface area contributed by atoms with Gasteiger partial charge in [0.15, 0.2) is 18.9 Å². The summed E-state index contributed by atoms with van der Waals surface area (Å²) in [5.41, 5.74) is 0. The molecule has 0 amide bonds. The Bertz CT molecular complexity index is 794. The van der Waals surface area contributed by atoms with Gasteiger partial charge in [0, 0.05) is 91.1 Å². The van der Waals surface area contributed by atoms with Crippen molar-refractivity contribution in [3.8, 4) is 0 Å². The number of aliphatic hydroxyl groups is 6. The molecule has 3 heterocycles. The number of ether oxygens (including phenoxy) is 9. The van der Waals surface area contributed by atoms with Crippen molar-refractivity contribution in [2.75, 3.05) is 74.7 Å². The molecule has 0 radical (unpaired) electrons. The summed E-state index contributed by atoms with van der Waals surface area (Å²) in [7, 11) is 5.83. The van der Waals surface area contributed by atoms with E-state index >= 15 is 0 Å². The van der Waals surface area contributed by atoms with Crippen LogP contribution in [0.3, 0.4) is 0 Å². The number of methoxy groups -OCH3 is 4. The van der Waals surface area contributed by atoms with Crippen LogP contribution in [-0.4, -0.2) is 167 Å². The van der Waals surface area contributed by atoms with Crippen molar-refractivity contribution in [1.29, 1.82) is 0 Å². The molecule has 0 saturated carbocycles. The molecule has 0 aromatic heterocycles. The summed E-state index contributed by atoms with van der Waals surface area (Å²) in [4.78, 5) is 0. The van der Waals surface area contributed by atoms with E-state index in [0.29, 0.717) is 6.42 Å². The topological polar surface area (TPSA) is 204 Å². The molecule has 0 aromatic rings. The van der Waals surface area contributed by atoms with Gasteiger partial charge in [0.2, 0.25) is 0 Å². The van der Waals surface area contributed by atoms with Crippen LogP contribution in [0.25, 0.3) is 0 Å². The Hall–Kier alpha value is -0.600. The fraction of sp³-hybridized carbons (Fsp3) is 1.00. The first-order valence-electron chi connectivity index (χ1n) is 15.4. The first-order chi connectivity index (χ1) is 21.4. The third kappa shape index (κ3) is 8.09. The highest BCUT2D eigenvalue weighted by Crippen LogP contribution is 2.41. The number of hydrogen-bond acceptors (Lipinski definition) is 15. The Kier molecular flexibility index (Phi) is 16.1. The van der Waals surface area contributed by atoms with Crippen LogP contribution >= 0.6 is 0 Å². The van der Waals surface area contributed by atoms with Gasteiger partial charge < -0.3 is 73.3 Å². The van der Waals surface area contributed by atoms with Gasteiger partial charge in [-0.2, -0.15) is 0 Å². The van der Waals surface area contributed by atoms with Gasteiger partial charge in [0.1, 0.15) is 18.3 Å². The molecule has 44 heavy (non-hydrogen) atoms. The van der Waals surface area contributed by atoms with Gasteiger partial charge in [0.05, 0.1) is 37.6 Å². The lowest BCUT2D eigenvalue weighted by Crippen LogP contribution is -2.64. The Morgan fingerprint density at radius 2 is 1.00 bits per heavy atom. The average Bonchev–Trinajstić information content (AvgIpc) is 3.04. The van der Waals surface area contributed by atoms with Gasteiger partial charge in [0.25, 0.3) is 0 Å². The second kappa shape index (κ2) is 18.7. The van der Waals surface area contributed by atoms with Crippen LogP contribution < -0.4 is 0 Å². The molecule has 15 nitrogen and oxygen atoms in total. The minimum Gasteiger partial charge on any atom is -0.396 e. The van der Waals surface area contributed by atoms with Crippen LogP contribution in [0, 0.1) is 29.6 Å². The minimum absolute atomic E-state index is 0.0696. The summed E-state index contributed by atoms with van der Waals surface area (Å²) in [5, 5.41) is 61.0. The van der Waals surface area contributed by atoms with E-state index < -0.39 is 85.3 Å². The molecule has 0 bridgehead atoms. The maximum Gasteiger partial charge on any atom is 0.187 e. The quantitative estimate of drug-likeness (QED) is 0.102. The van der Waals surface area contributed by atoms with Gasteiger partial charge in [-0.3, -0.25) is 0 Å². The monoisotopic (exact) mass is 642 g/mol. The molecule has 3 fully saturated rings. The molecule has 6 N–H and O–H groups in total. The van der Waals surface area contributed by atoms with E-state index in [1.54, 1.807) is 0 Å². The van der Waals surface area contributed by atoms with Crippen molar-refractivity contribution in [3.05, 3.63) is 0 Å². The maximum atomic E-state index is 10.5. The van der Waals surface area contributed by atoms with Crippen molar-refractivity contribution in [1.82, 2.24) is 0 Å². The molecule has 3 aliphatic rings. The van der Waals surface area contributed by atoms with E-state index in [1.165, 1.54) is 28.4 Å². The summed E-state index contributed by atoms with van der Waals surface area (Å²) in [6.07, 6.45) is -7.64. The second-order valence-electron chi connectivity index (χ2n) is 11.6. The highest BCUT2D eigenvalue weighted by Gasteiger charge is 2.54. The summed E-state index contributed by atoms with van der Waals surface area (Å²) in [6, 6.07) is 0. The molecular weight excluding hydrogens is 588 g/mol. The first kappa shape index (κ1) is 37.9. The van der Waals surface area contributed by atoms with Crippen molar-refractivity contribution < 1.29 is 73.3 Å². The van der Waals surface area contributed by atoms with Gasteiger partial charge in [-0.15, -0.1) is 0 Å². The second-order valence-corrected chi connectivity index (χ2v) is 11.6. The fourth-order valence-electron chi connectivity index (χ4n) is 7.04. The van der Waals surface area contributed by atoms with Crippen molar-refractivity contribution in [2.24, 2.45) is 29.6 Å². The largest absolute Gasteiger partial charge is 0.396 e. The number of rotatable bonds is 17. The highest BCUT2D eigenvalue weighted by molar-refractivity contribution is 4.96. The van der Waals surface area contributed by atoms with Crippen LogP contribution in [0.2, 0.25) is 0 Å². The van der Waals surface area contributed by atoms with Crippen molar-refractivity contribution in [3.63, 3.8) is 0 Å². The van der Waals surface area contributed by atoms with E-state index in [0.717, 1.165) is 0 Å². The van der Waals surface area contributed by atoms with E-state index in [1.807, 2.05) is 6.92 Å². The predicted molar refractivity (Wildman–Crippen MR) is 151 cm³/mol. The smallest absolute Gasteiger partial charge is 0.187 e. The zero-order valence-electron chi connectivity index (χ0n) is 26.4. The zero-order valence-corrected chi connectivity index (χ0v) is 26.4. The normalized spacial score (nSPS) is 43.3. The molecule has 0 spiro atoms. The van der Waals surface area contributed by atoms with Crippen molar-refractivity contribution in [2.45, 2.75) is 81.4 Å². The zero-order chi connectivity index (χ0) is 32.4. The van der Waals surface area contributed by atoms with Crippen LogP contribution in [0.1, 0.15) is 19.8 Å². The summed E-state index contributed by atoms with van der Waals surface area (Å²) >= 11 is 0. The molecule has 15 atom stereocenters. The first-order valence-corrected chi connectivity index (χ1v) is 15.4. The Labute approximate surface area is 259 Å². The summed E-state index contributed by atoms with van der Waals surface area (Å²) in [5.74, 6) is -2.76. The van der Waals surface area contributed by atoms with E-state index in [-0.39, 0.29) is 58.6 Å². The van der Waals surface area contributed by atoms with E-state index in [9.17, 15) is 30.6 Å². The van der Waals surface area contributed by atoms with Gasteiger partial charge in [-0.05, 0) is 12.8 Å². The van der Waals surface area contributed by atoms with Gasteiger partial charge in [-0.25, -0.2) is 0 Å². The molecule has 260 valence electrons. The SMILES string of the molecule is CCC1O[C@@H](O[C@@H]2C(OC)[C@H](OC3C(OC)OC(CCO)[C@H](CO)[C@@H]3CO)OC(COC)[C@@H]2CO)C(OC)[C@@H](CO)[C@H]1CO. The third-order valence-electron chi connectivity index (χ3n) is 9.41. The Morgan fingerprint density at radius 3 is 1.50 bits per heavy atom. The van der Waals surface area contributed by atoms with Crippen LogP contribution in [0.15, 0.2) is 0 Å². The standard InChI is InChI=1S/C29H54O15/c1-6-20-15(9-31)17(11-33)24(37-3)28(40-20)43-23-19(13-35)22(14-36-2)42-29(26(23)38-4)44-25-18(12-34)16(10-32)21(7-8-30)41-27(25)39-5/h15-35H,6-14H2,1-5H3/t15-,16-,17+,18+,19+,20?,21?,22?,23+,24?,25?,26?,27?,28+,29+/m1/s1. The Balaban J connectivity index is 1.96. The minimum atomic E-state index is -1.15. The van der Waals surface area contributed by atoms with E-state index in [2.05, 4.69) is 0 Å². The highest BCUT2D eigenvalue weighted by atomic mass is 16.8. The van der Waals surface area contributed by atoms with E-state index in [4.69, 9.17) is 42.6 Å². The lowest BCUT2D eigenvalue weighted by atomic mass is 9.80. The summed E-state index contributed by atoms with van der Waals surface area (Å²) in [6.45, 7) is 0.269.